The number of carbonyl (C=O) groups excluding carboxylic acids is 1. The summed E-state index contributed by atoms with van der Waals surface area (Å²) in [4.78, 5) is 16.4. The van der Waals surface area contributed by atoms with Crippen molar-refractivity contribution in [1.29, 1.82) is 0 Å². The highest BCUT2D eigenvalue weighted by molar-refractivity contribution is 5.96. The Morgan fingerprint density at radius 1 is 1.04 bits per heavy atom. The van der Waals surface area contributed by atoms with Crippen LogP contribution >= 0.6 is 0 Å². The number of anilines is 1. The van der Waals surface area contributed by atoms with Crippen molar-refractivity contribution in [2.24, 2.45) is 5.92 Å². The van der Waals surface area contributed by atoms with Gasteiger partial charge < -0.3 is 9.80 Å². The number of halogens is 2. The summed E-state index contributed by atoms with van der Waals surface area (Å²) in [6.45, 7) is 6.06. The van der Waals surface area contributed by atoms with Crippen molar-refractivity contribution in [1.82, 2.24) is 4.90 Å². The predicted octanol–water partition coefficient (Wildman–Crippen LogP) is 4.54. The molecule has 1 saturated heterocycles. The minimum absolute atomic E-state index is 0.0155. The lowest BCUT2D eigenvalue weighted by Crippen LogP contribution is -2.39. The average Bonchev–Trinajstić information content (AvgIpc) is 2.64. The summed E-state index contributed by atoms with van der Waals surface area (Å²) in [5, 5.41) is 0. The Bertz CT molecular complexity index is 627. The van der Waals surface area contributed by atoms with Gasteiger partial charge in [-0.2, -0.15) is 0 Å². The molecule has 0 unspecified atom stereocenters. The average molecular weight is 364 g/mol. The van der Waals surface area contributed by atoms with Crippen molar-refractivity contribution in [2.75, 3.05) is 31.1 Å². The molecule has 0 spiro atoms. The summed E-state index contributed by atoms with van der Waals surface area (Å²) < 4.78 is 27.1. The number of nitrogens with zero attached hydrogens (tertiary/aromatic N) is 2. The van der Waals surface area contributed by atoms with Crippen molar-refractivity contribution in [3.05, 3.63) is 29.3 Å². The van der Waals surface area contributed by atoms with Crippen molar-refractivity contribution >= 4 is 11.6 Å². The topological polar surface area (TPSA) is 23.6 Å². The lowest BCUT2D eigenvalue weighted by Gasteiger charge is -2.33. The number of hydrogen-bond acceptors (Lipinski definition) is 2. The van der Waals surface area contributed by atoms with Gasteiger partial charge in [-0.25, -0.2) is 8.78 Å². The van der Waals surface area contributed by atoms with Gasteiger partial charge in [0.05, 0.1) is 0 Å². The number of rotatable bonds is 7. The van der Waals surface area contributed by atoms with E-state index >= 15 is 0 Å². The molecule has 0 aliphatic carbocycles. The Balaban J connectivity index is 1.50. The molecule has 0 atom stereocenters. The molecule has 144 valence electrons. The largest absolute Gasteiger partial charge is 0.312 e. The third-order valence-corrected chi connectivity index (χ3v) is 5.85. The van der Waals surface area contributed by atoms with Crippen molar-refractivity contribution < 1.29 is 13.6 Å². The molecule has 1 amide bonds. The minimum Gasteiger partial charge on any atom is -0.312 e. The molecule has 5 heteroatoms. The number of carbonyl (C=O) groups is 1. The SMILES string of the molecule is CCCCC1CCN(CCCN2C(=O)CCc3cc(F)c(F)cc32)CC1. The van der Waals surface area contributed by atoms with E-state index in [2.05, 4.69) is 11.8 Å². The van der Waals surface area contributed by atoms with Crippen LogP contribution in [0.4, 0.5) is 14.5 Å². The van der Waals surface area contributed by atoms with Crippen LogP contribution in [0.15, 0.2) is 12.1 Å². The van der Waals surface area contributed by atoms with Gasteiger partial charge in [-0.05, 0) is 62.9 Å². The monoisotopic (exact) mass is 364 g/mol. The highest BCUT2D eigenvalue weighted by atomic mass is 19.2. The molecule has 0 bridgehead atoms. The number of benzene rings is 1. The number of likely N-dealkylation sites (tertiary alicyclic amines) is 1. The first-order valence-corrected chi connectivity index (χ1v) is 10.1. The third kappa shape index (κ3) is 4.61. The molecule has 0 saturated carbocycles. The van der Waals surface area contributed by atoms with Crippen molar-refractivity contribution in [3.63, 3.8) is 0 Å². The first-order chi connectivity index (χ1) is 12.6. The number of amides is 1. The molecule has 2 heterocycles. The molecule has 0 aromatic heterocycles. The van der Waals surface area contributed by atoms with E-state index in [0.717, 1.165) is 37.5 Å². The Hall–Kier alpha value is -1.49. The normalized spacial score (nSPS) is 19.0. The van der Waals surface area contributed by atoms with Crippen LogP contribution in [0, 0.1) is 17.6 Å². The summed E-state index contributed by atoms with van der Waals surface area (Å²) >= 11 is 0. The molecule has 1 fully saturated rings. The number of aryl methyl sites for hydroxylation is 1. The molecule has 2 aliphatic heterocycles. The zero-order valence-corrected chi connectivity index (χ0v) is 15.8. The fourth-order valence-electron chi connectivity index (χ4n) is 4.23. The number of hydrogen-bond donors (Lipinski definition) is 0. The lowest BCUT2D eigenvalue weighted by atomic mass is 9.91. The van der Waals surface area contributed by atoms with E-state index in [1.807, 2.05) is 0 Å². The van der Waals surface area contributed by atoms with E-state index in [4.69, 9.17) is 0 Å². The lowest BCUT2D eigenvalue weighted by molar-refractivity contribution is -0.118. The minimum atomic E-state index is -0.877. The van der Waals surface area contributed by atoms with E-state index in [0.29, 0.717) is 25.1 Å². The molecule has 26 heavy (non-hydrogen) atoms. The van der Waals surface area contributed by atoms with Gasteiger partial charge in [-0.1, -0.05) is 26.2 Å². The van der Waals surface area contributed by atoms with E-state index in [9.17, 15) is 13.6 Å². The smallest absolute Gasteiger partial charge is 0.227 e. The van der Waals surface area contributed by atoms with Gasteiger partial charge >= 0.3 is 0 Å². The first kappa shape index (κ1) is 19.3. The Kier molecular flexibility index (Phi) is 6.63. The molecular weight excluding hydrogens is 334 g/mol. The van der Waals surface area contributed by atoms with Gasteiger partial charge in [0, 0.05) is 24.7 Å². The number of unbranched alkanes of at least 4 members (excludes halogenated alkanes) is 1. The second-order valence-electron chi connectivity index (χ2n) is 7.72. The Morgan fingerprint density at radius 2 is 1.77 bits per heavy atom. The van der Waals surface area contributed by atoms with Gasteiger partial charge in [0.15, 0.2) is 11.6 Å². The zero-order valence-electron chi connectivity index (χ0n) is 15.8. The van der Waals surface area contributed by atoms with Crippen LogP contribution in [0.1, 0.15) is 57.4 Å². The standard InChI is InChI=1S/C21H30F2N2O/c1-2-3-5-16-8-12-24(13-9-16)10-4-11-25-20-15-19(23)18(22)14-17(20)6-7-21(25)26/h14-16H,2-13H2,1H3. The fourth-order valence-corrected chi connectivity index (χ4v) is 4.23. The Labute approximate surface area is 155 Å². The van der Waals surface area contributed by atoms with Crippen LogP contribution in [-0.4, -0.2) is 37.0 Å². The first-order valence-electron chi connectivity index (χ1n) is 10.1. The summed E-state index contributed by atoms with van der Waals surface area (Å²) in [6, 6.07) is 2.42. The molecule has 0 N–H and O–H groups in total. The van der Waals surface area contributed by atoms with Crippen molar-refractivity contribution in [3.8, 4) is 0 Å². The summed E-state index contributed by atoms with van der Waals surface area (Å²) in [7, 11) is 0. The van der Waals surface area contributed by atoms with Crippen molar-refractivity contribution in [2.45, 2.75) is 58.3 Å². The van der Waals surface area contributed by atoms with Gasteiger partial charge in [-0.15, -0.1) is 0 Å². The number of piperidine rings is 1. The van der Waals surface area contributed by atoms with Gasteiger partial charge in [0.1, 0.15) is 0 Å². The highest BCUT2D eigenvalue weighted by Gasteiger charge is 2.26. The molecule has 3 rings (SSSR count). The second-order valence-corrected chi connectivity index (χ2v) is 7.72. The van der Waals surface area contributed by atoms with E-state index in [-0.39, 0.29) is 5.91 Å². The summed E-state index contributed by atoms with van der Waals surface area (Å²) in [6.07, 6.45) is 8.24. The van der Waals surface area contributed by atoms with Crippen LogP contribution in [-0.2, 0) is 11.2 Å². The molecule has 0 radical (unpaired) electrons. The summed E-state index contributed by atoms with van der Waals surface area (Å²) in [5.41, 5.74) is 1.29. The maximum Gasteiger partial charge on any atom is 0.227 e. The zero-order chi connectivity index (χ0) is 18.5. The fraction of sp³-hybridized carbons (Fsp3) is 0.667. The van der Waals surface area contributed by atoms with E-state index in [1.165, 1.54) is 44.2 Å². The molecule has 1 aromatic carbocycles. The molecular formula is C21H30F2N2O. The molecule has 3 nitrogen and oxygen atoms in total. The van der Waals surface area contributed by atoms with Gasteiger partial charge in [0.2, 0.25) is 5.91 Å². The number of fused-ring (bicyclic) bond motifs is 1. The third-order valence-electron chi connectivity index (χ3n) is 5.85. The second kappa shape index (κ2) is 8.94. The van der Waals surface area contributed by atoms with Gasteiger partial charge in [0.25, 0.3) is 0 Å². The maximum atomic E-state index is 13.6. The molecule has 2 aliphatic rings. The van der Waals surface area contributed by atoms with Crippen LogP contribution < -0.4 is 4.90 Å². The van der Waals surface area contributed by atoms with E-state index < -0.39 is 11.6 Å². The predicted molar refractivity (Wildman–Crippen MR) is 100 cm³/mol. The van der Waals surface area contributed by atoms with Crippen LogP contribution in [0.2, 0.25) is 0 Å². The maximum absolute atomic E-state index is 13.6. The van der Waals surface area contributed by atoms with Crippen LogP contribution in [0.25, 0.3) is 0 Å². The Morgan fingerprint density at radius 3 is 2.50 bits per heavy atom. The highest BCUT2D eigenvalue weighted by Crippen LogP contribution is 2.30. The van der Waals surface area contributed by atoms with Crippen LogP contribution in [0.3, 0.4) is 0 Å². The molecule has 1 aromatic rings. The summed E-state index contributed by atoms with van der Waals surface area (Å²) in [5.74, 6) is -0.817. The van der Waals surface area contributed by atoms with Crippen LogP contribution in [0.5, 0.6) is 0 Å². The van der Waals surface area contributed by atoms with E-state index in [1.54, 1.807) is 4.90 Å². The van der Waals surface area contributed by atoms with Gasteiger partial charge in [-0.3, -0.25) is 4.79 Å². The quantitative estimate of drug-likeness (QED) is 0.709.